The van der Waals surface area contributed by atoms with Crippen molar-refractivity contribution in [3.8, 4) is 11.5 Å². The van der Waals surface area contributed by atoms with E-state index >= 15 is 0 Å². The molecule has 1 N–H and O–H groups in total. The molecule has 0 saturated carbocycles. The highest BCUT2D eigenvalue weighted by Crippen LogP contribution is 2.38. The van der Waals surface area contributed by atoms with E-state index in [2.05, 4.69) is 5.32 Å². The molecule has 3 amide bonds. The van der Waals surface area contributed by atoms with Gasteiger partial charge in [0.25, 0.3) is 5.91 Å². The number of amides is 3. The average molecular weight is 488 g/mol. The van der Waals surface area contributed by atoms with E-state index in [1.165, 1.54) is 4.90 Å². The van der Waals surface area contributed by atoms with E-state index < -0.39 is 27.3 Å². The Kier molecular flexibility index (Phi) is 6.55. The van der Waals surface area contributed by atoms with Crippen molar-refractivity contribution in [1.82, 2.24) is 15.1 Å². The molecule has 0 aromatic heterocycles. The summed E-state index contributed by atoms with van der Waals surface area (Å²) >= 11 is 0. The Bertz CT molecular complexity index is 1120. The fourth-order valence-electron chi connectivity index (χ4n) is 4.66. The van der Waals surface area contributed by atoms with Crippen LogP contribution in [0.3, 0.4) is 0 Å². The Morgan fingerprint density at radius 3 is 1.94 bits per heavy atom. The summed E-state index contributed by atoms with van der Waals surface area (Å²) in [7, 11) is 0.0105. The lowest BCUT2D eigenvalue weighted by Gasteiger charge is -2.31. The predicted molar refractivity (Wildman–Crippen MR) is 126 cm³/mol. The number of urea groups is 1. The maximum absolute atomic E-state index is 14.0. The number of methoxy groups -OCH3 is 2. The molecule has 0 aliphatic carbocycles. The van der Waals surface area contributed by atoms with E-state index in [9.17, 15) is 18.0 Å². The van der Waals surface area contributed by atoms with E-state index in [-0.39, 0.29) is 24.2 Å². The van der Waals surface area contributed by atoms with Crippen LogP contribution >= 0.6 is 0 Å². The molecule has 2 aromatic rings. The lowest BCUT2D eigenvalue weighted by Crippen LogP contribution is -2.48. The van der Waals surface area contributed by atoms with Gasteiger partial charge >= 0.3 is 6.03 Å². The van der Waals surface area contributed by atoms with Crippen molar-refractivity contribution in [1.29, 1.82) is 0 Å². The average Bonchev–Trinajstić information content (AvgIpc) is 3.33. The van der Waals surface area contributed by atoms with Gasteiger partial charge in [0.2, 0.25) is 0 Å². The van der Waals surface area contributed by atoms with Gasteiger partial charge in [0.15, 0.2) is 15.4 Å². The number of carbonyl (C=O) groups is 2. The van der Waals surface area contributed by atoms with Crippen LogP contribution in [-0.4, -0.2) is 75.1 Å². The minimum Gasteiger partial charge on any atom is -0.497 e. The zero-order valence-electron chi connectivity index (χ0n) is 19.5. The van der Waals surface area contributed by atoms with Gasteiger partial charge in [-0.05, 0) is 48.4 Å². The SMILES string of the molecule is CCN(CN1C(=O)NC(c2ccc(OC)cc2)(c2ccc(OC)cc2)C1=O)C1CCS(=O)(=O)C1. The van der Waals surface area contributed by atoms with Gasteiger partial charge in [-0.1, -0.05) is 31.2 Å². The summed E-state index contributed by atoms with van der Waals surface area (Å²) in [5, 5.41) is 2.92. The number of benzene rings is 2. The Hall–Kier alpha value is -3.11. The highest BCUT2D eigenvalue weighted by atomic mass is 32.2. The largest absolute Gasteiger partial charge is 0.497 e. The van der Waals surface area contributed by atoms with E-state index in [0.29, 0.717) is 35.6 Å². The van der Waals surface area contributed by atoms with Crippen LogP contribution in [0.25, 0.3) is 0 Å². The molecule has 0 radical (unpaired) electrons. The van der Waals surface area contributed by atoms with E-state index in [0.717, 1.165) is 0 Å². The molecule has 1 unspecified atom stereocenters. The molecule has 4 rings (SSSR count). The first kappa shape index (κ1) is 24.0. The standard InChI is InChI=1S/C24H29N3O6S/c1-4-26(19-13-14-34(30,31)15-19)16-27-22(28)24(25-23(27)29,17-5-9-20(32-2)10-6-17)18-7-11-21(33-3)12-8-18/h5-12,19H,4,13-16H2,1-3H3,(H,25,29). The summed E-state index contributed by atoms with van der Waals surface area (Å²) in [5.74, 6) is 0.985. The summed E-state index contributed by atoms with van der Waals surface area (Å²) in [6, 6.07) is 13.2. The van der Waals surface area contributed by atoms with Crippen molar-refractivity contribution in [3.63, 3.8) is 0 Å². The fraction of sp³-hybridized carbons (Fsp3) is 0.417. The number of ether oxygens (including phenoxy) is 2. The van der Waals surface area contributed by atoms with Crippen molar-refractivity contribution in [3.05, 3.63) is 59.7 Å². The molecule has 182 valence electrons. The van der Waals surface area contributed by atoms with Gasteiger partial charge in [-0.3, -0.25) is 9.69 Å². The molecule has 34 heavy (non-hydrogen) atoms. The smallest absolute Gasteiger partial charge is 0.326 e. The number of imide groups is 1. The minimum atomic E-state index is -3.10. The van der Waals surface area contributed by atoms with E-state index in [1.807, 2.05) is 11.8 Å². The second kappa shape index (κ2) is 9.27. The Labute approximate surface area is 199 Å². The highest BCUT2D eigenvalue weighted by Gasteiger charge is 2.54. The Morgan fingerprint density at radius 1 is 1.00 bits per heavy atom. The molecule has 2 heterocycles. The Morgan fingerprint density at radius 2 is 1.53 bits per heavy atom. The van der Waals surface area contributed by atoms with Gasteiger partial charge in [0.05, 0.1) is 32.4 Å². The third-order valence-corrected chi connectivity index (χ3v) is 8.36. The van der Waals surface area contributed by atoms with Crippen molar-refractivity contribution in [2.24, 2.45) is 0 Å². The summed E-state index contributed by atoms with van der Waals surface area (Å²) in [4.78, 5) is 30.2. The van der Waals surface area contributed by atoms with Crippen molar-refractivity contribution >= 4 is 21.8 Å². The topological polar surface area (TPSA) is 105 Å². The Balaban J connectivity index is 1.72. The van der Waals surface area contributed by atoms with Gasteiger partial charge in [-0.15, -0.1) is 0 Å². The van der Waals surface area contributed by atoms with Gasteiger partial charge in [-0.2, -0.15) is 0 Å². The molecular weight excluding hydrogens is 458 g/mol. The van der Waals surface area contributed by atoms with Crippen molar-refractivity contribution in [2.75, 3.05) is 38.9 Å². The summed E-state index contributed by atoms with van der Waals surface area (Å²) < 4.78 is 34.5. The van der Waals surface area contributed by atoms with Crippen LogP contribution in [-0.2, 0) is 20.2 Å². The van der Waals surface area contributed by atoms with Gasteiger partial charge in [-0.25, -0.2) is 18.1 Å². The summed E-state index contributed by atoms with van der Waals surface area (Å²) in [6.45, 7) is 2.41. The number of nitrogens with one attached hydrogen (secondary N) is 1. The van der Waals surface area contributed by atoms with Crippen LogP contribution in [0, 0.1) is 0 Å². The lowest BCUT2D eigenvalue weighted by molar-refractivity contribution is -0.132. The first-order valence-electron chi connectivity index (χ1n) is 11.1. The number of hydrogen-bond acceptors (Lipinski definition) is 7. The molecular formula is C24H29N3O6S. The maximum atomic E-state index is 14.0. The number of hydrogen-bond donors (Lipinski definition) is 1. The van der Waals surface area contributed by atoms with Gasteiger partial charge in [0, 0.05) is 6.04 Å². The van der Waals surface area contributed by atoms with E-state index in [1.54, 1.807) is 62.8 Å². The molecule has 1 atom stereocenters. The van der Waals surface area contributed by atoms with Crippen molar-refractivity contribution < 1.29 is 27.5 Å². The first-order chi connectivity index (χ1) is 16.2. The molecule has 10 heteroatoms. The molecule has 2 fully saturated rings. The lowest BCUT2D eigenvalue weighted by atomic mass is 9.82. The first-order valence-corrected chi connectivity index (χ1v) is 12.9. The predicted octanol–water partition coefficient (Wildman–Crippen LogP) is 1.97. The van der Waals surface area contributed by atoms with Crippen LogP contribution in [0.5, 0.6) is 11.5 Å². The van der Waals surface area contributed by atoms with Crippen LogP contribution in [0.15, 0.2) is 48.5 Å². The molecule has 2 aliphatic rings. The highest BCUT2D eigenvalue weighted by molar-refractivity contribution is 7.91. The third-order valence-electron chi connectivity index (χ3n) is 6.61. The molecule has 2 aromatic carbocycles. The molecule has 2 aliphatic heterocycles. The van der Waals surface area contributed by atoms with Crippen molar-refractivity contribution in [2.45, 2.75) is 24.9 Å². The van der Waals surface area contributed by atoms with E-state index in [4.69, 9.17) is 9.47 Å². The zero-order chi connectivity index (χ0) is 24.5. The monoisotopic (exact) mass is 487 g/mol. The number of rotatable bonds is 8. The zero-order valence-corrected chi connectivity index (χ0v) is 20.3. The second-order valence-electron chi connectivity index (χ2n) is 8.47. The third kappa shape index (κ3) is 4.23. The van der Waals surface area contributed by atoms with Crippen LogP contribution < -0.4 is 14.8 Å². The minimum absolute atomic E-state index is 0.00934. The fourth-order valence-corrected chi connectivity index (χ4v) is 6.42. The van der Waals surface area contributed by atoms with Crippen LogP contribution in [0.1, 0.15) is 24.5 Å². The van der Waals surface area contributed by atoms with Crippen LogP contribution in [0.4, 0.5) is 4.79 Å². The number of carbonyl (C=O) groups excluding carboxylic acids is 2. The summed E-state index contributed by atoms with van der Waals surface area (Å²) in [6.07, 6.45) is 0.488. The van der Waals surface area contributed by atoms with Crippen LogP contribution in [0.2, 0.25) is 0 Å². The number of nitrogens with zero attached hydrogens (tertiary/aromatic N) is 2. The molecule has 0 spiro atoms. The quantitative estimate of drug-likeness (QED) is 0.568. The van der Waals surface area contributed by atoms with Gasteiger partial charge in [0.1, 0.15) is 11.5 Å². The second-order valence-corrected chi connectivity index (χ2v) is 10.7. The maximum Gasteiger partial charge on any atom is 0.326 e. The van der Waals surface area contributed by atoms with Gasteiger partial charge < -0.3 is 14.8 Å². The molecule has 9 nitrogen and oxygen atoms in total. The number of sulfone groups is 1. The normalized spacial score (nSPS) is 21.1. The molecule has 2 saturated heterocycles. The molecule has 0 bridgehead atoms. The summed E-state index contributed by atoms with van der Waals surface area (Å²) in [5.41, 5.74) is -0.256.